The zero-order chi connectivity index (χ0) is 93.9. The highest BCUT2D eigenvalue weighted by Gasteiger charge is 2.52. The summed E-state index contributed by atoms with van der Waals surface area (Å²) in [6.07, 6.45) is 0. The fourth-order valence-corrected chi connectivity index (χ4v) is 22.1. The molecule has 0 amide bonds. The van der Waals surface area contributed by atoms with Crippen molar-refractivity contribution in [3.63, 3.8) is 0 Å². The Bertz CT molecular complexity index is 7070. The number of anilines is 6. The lowest BCUT2D eigenvalue weighted by Gasteiger charge is -2.47. The number of benzene rings is 16. The summed E-state index contributed by atoms with van der Waals surface area (Å²) in [6, 6.07) is 133. The molecule has 4 nitrogen and oxygen atoms in total. The fraction of sp³-hybridized carbons (Fsp3) is 0.256. The molecule has 3 aliphatic rings. The molecule has 4 heterocycles. The van der Waals surface area contributed by atoms with E-state index < -0.39 is 5.41 Å². The summed E-state index contributed by atoms with van der Waals surface area (Å²) < 4.78 is 5.21. The molecule has 0 spiro atoms. The number of fused-ring (bicyclic) bond motifs is 13. The van der Waals surface area contributed by atoms with Crippen molar-refractivity contribution in [2.75, 3.05) is 9.80 Å². The molecule has 18 aromatic rings. The normalized spacial score (nSPS) is 14.0. The third-order valence-corrected chi connectivity index (χ3v) is 29.8. The summed E-state index contributed by atoms with van der Waals surface area (Å²) in [6.45, 7) is 56.5. The lowest BCUT2D eigenvalue weighted by Crippen LogP contribution is -2.61. The van der Waals surface area contributed by atoms with Crippen LogP contribution < -0.4 is 26.2 Å². The second-order valence-corrected chi connectivity index (χ2v) is 47.1. The second kappa shape index (κ2) is 30.9. The number of aromatic nitrogens is 2. The molecule has 2 aromatic heterocycles. The predicted octanol–water partition coefficient (Wildman–Crippen LogP) is 33.4. The molecule has 666 valence electrons. The van der Waals surface area contributed by atoms with Gasteiger partial charge in [-0.15, -0.1) is 0 Å². The molecule has 0 bridgehead atoms. The topological polar surface area (TPSA) is 16.3 Å². The van der Waals surface area contributed by atoms with Crippen LogP contribution in [-0.2, 0) is 48.7 Å². The van der Waals surface area contributed by atoms with Crippen molar-refractivity contribution in [2.24, 2.45) is 0 Å². The van der Waals surface area contributed by atoms with Crippen LogP contribution in [0, 0.1) is 0 Å². The van der Waals surface area contributed by atoms with Gasteiger partial charge in [0.05, 0.1) is 38.9 Å². The Morgan fingerprint density at radius 1 is 0.209 bits per heavy atom. The first-order valence-electron chi connectivity index (χ1n) is 48.7. The monoisotopic (exact) mass is 1740 g/mol. The Hall–Kier alpha value is -13.2. The van der Waals surface area contributed by atoms with Gasteiger partial charge in [-0.3, -0.25) is 0 Å². The molecule has 0 saturated carbocycles. The van der Waals surface area contributed by atoms with Crippen molar-refractivity contribution >= 4 is 101 Å². The van der Waals surface area contributed by atoms with Gasteiger partial charge in [0.2, 0.25) is 0 Å². The lowest BCUT2D eigenvalue weighted by atomic mass is 9.33. The molecule has 0 radical (unpaired) electrons. The van der Waals surface area contributed by atoms with Gasteiger partial charge in [0.1, 0.15) is 0 Å². The van der Waals surface area contributed by atoms with Gasteiger partial charge in [0.25, 0.3) is 6.71 Å². The minimum Gasteiger partial charge on any atom is -0.310 e. The van der Waals surface area contributed by atoms with E-state index in [1.807, 2.05) is 0 Å². The predicted molar refractivity (Wildman–Crippen MR) is 578 cm³/mol. The SMILES string of the molecule is CC(C)(C)c1ccc2c(c1)-c1cc(C(C)(C)C)ccc1C2(c1ccccc1)c1cc2c3c(c1)N(c1c(-c4ccccc4)cc(C(C)(C)C)cc1-c1ccccc1)c1cc(-n4c5ccc(C(C)(C)C)cc5c5cc(C(C)(C)C)ccc54)ccc1B3c1ccc(-n3c4ccc(C(C)(C)C)cc4c4cc(C(C)(C)C)ccc43)cc1N2c1c(-c2ccccc2)cc(C(C)(C)C)cc1-c1ccccc1. The van der Waals surface area contributed by atoms with E-state index in [0.29, 0.717) is 0 Å². The van der Waals surface area contributed by atoms with Crippen LogP contribution in [0.15, 0.2) is 334 Å². The maximum absolute atomic E-state index is 2.82. The summed E-state index contributed by atoms with van der Waals surface area (Å²) in [5, 5.41) is 5.00. The van der Waals surface area contributed by atoms with Crippen LogP contribution in [0.2, 0.25) is 0 Å². The molecular weight excluding hydrogens is 1620 g/mol. The van der Waals surface area contributed by atoms with Crippen molar-refractivity contribution in [2.45, 2.75) is 215 Å². The number of hydrogen-bond acceptors (Lipinski definition) is 2. The van der Waals surface area contributed by atoms with Gasteiger partial charge in [-0.2, -0.15) is 0 Å². The van der Waals surface area contributed by atoms with E-state index in [2.05, 4.69) is 519 Å². The van der Waals surface area contributed by atoms with E-state index in [-0.39, 0.29) is 50.0 Å². The van der Waals surface area contributed by atoms with Crippen molar-refractivity contribution < 1.29 is 0 Å². The van der Waals surface area contributed by atoms with Crippen LogP contribution in [0.4, 0.5) is 34.1 Å². The maximum Gasteiger partial charge on any atom is 0.252 e. The Kier molecular flexibility index (Phi) is 20.2. The molecule has 0 fully saturated rings. The average Bonchev–Trinajstić information content (AvgIpc) is 1.14. The molecule has 2 aliphatic heterocycles. The highest BCUT2D eigenvalue weighted by atomic mass is 15.2. The van der Waals surface area contributed by atoms with Crippen molar-refractivity contribution in [3.8, 4) is 67.0 Å². The van der Waals surface area contributed by atoms with E-state index >= 15 is 0 Å². The third-order valence-electron chi connectivity index (χ3n) is 29.8. The maximum atomic E-state index is 2.82. The fourth-order valence-electron chi connectivity index (χ4n) is 22.1. The highest BCUT2D eigenvalue weighted by Crippen LogP contribution is 2.62. The van der Waals surface area contributed by atoms with E-state index in [0.717, 1.165) is 90.0 Å². The van der Waals surface area contributed by atoms with Gasteiger partial charge in [0, 0.05) is 77.9 Å². The molecule has 1 aliphatic carbocycles. The van der Waals surface area contributed by atoms with Crippen LogP contribution in [0.5, 0.6) is 0 Å². The van der Waals surface area contributed by atoms with E-state index in [4.69, 9.17) is 0 Å². The summed E-state index contributed by atoms with van der Waals surface area (Å²) >= 11 is 0. The molecular formula is C129H127BN4. The zero-order valence-electron chi connectivity index (χ0n) is 83.1. The Balaban J connectivity index is 1.01. The number of nitrogens with zero attached hydrogens (tertiary/aromatic N) is 4. The standard InChI is InChI=1S/C129H127BN4/c1-121(2,3)85-50-58-106-100(66-85)101-67-86(122(4,5)6)51-59-107(101)129(106,84-48-38-29-39-49-84)93-76-116-118-117(77-93)134(120-98(82-44-34-27-35-45-82)74-92(128(22,23)24)75-99(120)83-46-36-28-37-47-83)115-79-95(132-112-64-54-89(125(13,14)15)70-104(112)105-71-90(126(16,17)18)55-65-113(105)132)57-61-109(115)130(118)108-60-56-94(131-110-62-52-87(123(7,8)9)68-102(110)103-69-88(124(10,11)12)53-63-111(103)131)78-114(108)133(116)119-96(80-40-30-25-31-41-80)72-91(127(19,20)21)73-97(119)81-42-32-26-33-43-81/h25-79H,1-24H3. The van der Waals surface area contributed by atoms with Crippen LogP contribution in [0.1, 0.15) is 233 Å². The van der Waals surface area contributed by atoms with Crippen LogP contribution in [0.25, 0.3) is 111 Å². The minimum atomic E-state index is -0.954. The molecule has 0 saturated heterocycles. The molecule has 134 heavy (non-hydrogen) atoms. The van der Waals surface area contributed by atoms with Crippen molar-refractivity contribution in [1.82, 2.24) is 9.13 Å². The highest BCUT2D eigenvalue weighted by molar-refractivity contribution is 7.00. The molecule has 16 aromatic carbocycles. The minimum absolute atomic E-state index is 0.103. The molecule has 0 unspecified atom stereocenters. The number of rotatable bonds is 10. The molecule has 5 heteroatoms. The third kappa shape index (κ3) is 14.4. The first kappa shape index (κ1) is 87.4. The van der Waals surface area contributed by atoms with Crippen LogP contribution in [-0.4, -0.2) is 15.8 Å². The first-order valence-corrected chi connectivity index (χ1v) is 48.7. The second-order valence-electron chi connectivity index (χ2n) is 47.1. The largest absolute Gasteiger partial charge is 0.310 e. The van der Waals surface area contributed by atoms with Gasteiger partial charge in [-0.1, -0.05) is 391 Å². The van der Waals surface area contributed by atoms with E-state index in [1.54, 1.807) is 0 Å². The zero-order valence-corrected chi connectivity index (χ0v) is 83.1. The summed E-state index contributed by atoms with van der Waals surface area (Å²) in [5.74, 6) is 0. The van der Waals surface area contributed by atoms with Gasteiger partial charge < -0.3 is 18.9 Å². The van der Waals surface area contributed by atoms with Crippen molar-refractivity contribution in [3.05, 3.63) is 400 Å². The lowest BCUT2D eigenvalue weighted by molar-refractivity contribution is 0.589. The van der Waals surface area contributed by atoms with Crippen molar-refractivity contribution in [1.29, 1.82) is 0 Å². The van der Waals surface area contributed by atoms with E-state index in [1.165, 1.54) is 138 Å². The van der Waals surface area contributed by atoms with Crippen LogP contribution >= 0.6 is 0 Å². The quantitative estimate of drug-likeness (QED) is 0.127. The summed E-state index contributed by atoms with van der Waals surface area (Å²) in [5.41, 5.74) is 41.8. The Morgan fingerprint density at radius 2 is 0.463 bits per heavy atom. The smallest absolute Gasteiger partial charge is 0.252 e. The molecule has 21 rings (SSSR count). The van der Waals surface area contributed by atoms with Gasteiger partial charge in [-0.25, -0.2) is 0 Å². The first-order chi connectivity index (χ1) is 63.5. The average molecular weight is 1740 g/mol. The molecule has 0 atom stereocenters. The van der Waals surface area contributed by atoms with E-state index in [9.17, 15) is 0 Å². The summed E-state index contributed by atoms with van der Waals surface area (Å²) in [4.78, 5) is 5.65. The van der Waals surface area contributed by atoms with Gasteiger partial charge >= 0.3 is 0 Å². The molecule has 0 N–H and O–H groups in total. The van der Waals surface area contributed by atoms with Crippen LogP contribution in [0.3, 0.4) is 0 Å². The number of hydrogen-bond donors (Lipinski definition) is 0. The Morgan fingerprint density at radius 3 is 0.739 bits per heavy atom. The van der Waals surface area contributed by atoms with Gasteiger partial charge in [0.15, 0.2) is 0 Å². The Labute approximate surface area is 796 Å². The summed E-state index contributed by atoms with van der Waals surface area (Å²) in [7, 11) is 0. The van der Waals surface area contributed by atoms with Gasteiger partial charge in [-0.05, 0) is 269 Å².